The predicted octanol–water partition coefficient (Wildman–Crippen LogP) is 2.63. The quantitative estimate of drug-likeness (QED) is 0.910. The monoisotopic (exact) mass is 319 g/mol. The molecule has 0 bridgehead atoms. The smallest absolute Gasteiger partial charge is 0.271 e. The van der Waals surface area contributed by atoms with Crippen molar-refractivity contribution in [2.75, 3.05) is 4.72 Å². The maximum Gasteiger partial charge on any atom is 0.271 e. The zero-order valence-corrected chi connectivity index (χ0v) is 12.0. The van der Waals surface area contributed by atoms with E-state index in [-0.39, 0.29) is 16.5 Å². The first-order valence-corrected chi connectivity index (χ1v) is 7.81. The average Bonchev–Trinajstić information content (AvgIpc) is 2.75. The van der Waals surface area contributed by atoms with Crippen molar-refractivity contribution < 1.29 is 22.3 Å². The minimum Gasteiger partial charge on any atom is -0.391 e. The maximum absolute atomic E-state index is 13.4. The number of benzene rings is 1. The van der Waals surface area contributed by atoms with Gasteiger partial charge in [0.2, 0.25) is 0 Å². The first-order valence-electron chi connectivity index (χ1n) is 5.51. The van der Waals surface area contributed by atoms with Gasteiger partial charge in [0.25, 0.3) is 10.0 Å². The summed E-state index contributed by atoms with van der Waals surface area (Å²) in [6.07, 6.45) is 0. The Morgan fingerprint density at radius 3 is 2.55 bits per heavy atom. The van der Waals surface area contributed by atoms with Gasteiger partial charge in [-0.1, -0.05) is 0 Å². The van der Waals surface area contributed by atoms with Crippen molar-refractivity contribution in [1.29, 1.82) is 0 Å². The van der Waals surface area contributed by atoms with Crippen LogP contribution in [0, 0.1) is 18.6 Å². The highest BCUT2D eigenvalue weighted by atomic mass is 32.2. The molecule has 2 N–H and O–H groups in total. The van der Waals surface area contributed by atoms with Gasteiger partial charge in [-0.25, -0.2) is 17.2 Å². The molecule has 1 heterocycles. The lowest BCUT2D eigenvalue weighted by atomic mass is 10.3. The van der Waals surface area contributed by atoms with Crippen LogP contribution in [0.1, 0.15) is 10.4 Å². The molecule has 1 aromatic carbocycles. The summed E-state index contributed by atoms with van der Waals surface area (Å²) in [5.41, 5.74) is 0.306. The molecule has 0 aliphatic heterocycles. The molecule has 0 saturated heterocycles. The first kappa shape index (κ1) is 14.9. The number of thiophene rings is 1. The van der Waals surface area contributed by atoms with Crippen molar-refractivity contribution in [3.05, 3.63) is 46.3 Å². The van der Waals surface area contributed by atoms with E-state index in [1.807, 2.05) is 0 Å². The lowest BCUT2D eigenvalue weighted by molar-refractivity contribution is 0.285. The van der Waals surface area contributed by atoms with Crippen LogP contribution in [0.3, 0.4) is 0 Å². The first-order chi connectivity index (χ1) is 9.33. The predicted molar refractivity (Wildman–Crippen MR) is 72.1 cm³/mol. The number of halogens is 2. The molecule has 0 radical (unpaired) electrons. The Labute approximate surface area is 118 Å². The summed E-state index contributed by atoms with van der Waals surface area (Å²) in [4.78, 5) is 0.518. The third-order valence-corrected chi connectivity index (χ3v) is 5.64. The van der Waals surface area contributed by atoms with Gasteiger partial charge in [0.15, 0.2) is 0 Å². The van der Waals surface area contributed by atoms with E-state index >= 15 is 0 Å². The number of sulfonamides is 1. The van der Waals surface area contributed by atoms with E-state index in [0.29, 0.717) is 16.5 Å². The third-order valence-electron chi connectivity index (χ3n) is 2.58. The van der Waals surface area contributed by atoms with E-state index in [1.165, 1.54) is 6.07 Å². The highest BCUT2D eigenvalue weighted by Gasteiger charge is 2.20. The van der Waals surface area contributed by atoms with Crippen LogP contribution < -0.4 is 4.72 Å². The molecule has 108 valence electrons. The summed E-state index contributed by atoms with van der Waals surface area (Å²) in [6, 6.07) is 3.95. The Morgan fingerprint density at radius 1 is 1.30 bits per heavy atom. The number of aliphatic hydroxyl groups is 1. The van der Waals surface area contributed by atoms with E-state index in [2.05, 4.69) is 4.72 Å². The average molecular weight is 319 g/mol. The molecule has 0 amide bonds. The van der Waals surface area contributed by atoms with Crippen molar-refractivity contribution in [2.45, 2.75) is 17.7 Å². The standard InChI is InChI=1S/C12H11F2NO3S2/c1-7-4-12(19-11(7)6-16)20(17,18)15-10-3-2-8(13)5-9(10)14/h2-5,15-16H,6H2,1H3. The van der Waals surface area contributed by atoms with Gasteiger partial charge in [0.1, 0.15) is 15.8 Å². The molecule has 2 aromatic rings. The van der Waals surface area contributed by atoms with Crippen LogP contribution in [-0.2, 0) is 16.6 Å². The summed E-state index contributed by atoms with van der Waals surface area (Å²) < 4.78 is 52.4. The van der Waals surface area contributed by atoms with Crippen molar-refractivity contribution in [1.82, 2.24) is 0 Å². The van der Waals surface area contributed by atoms with Crippen LogP contribution in [0.2, 0.25) is 0 Å². The van der Waals surface area contributed by atoms with Gasteiger partial charge in [-0.15, -0.1) is 11.3 Å². The number of rotatable bonds is 4. The lowest BCUT2D eigenvalue weighted by Gasteiger charge is -2.07. The molecule has 0 aliphatic rings. The zero-order chi connectivity index (χ0) is 14.9. The summed E-state index contributed by atoms with van der Waals surface area (Å²) in [5.74, 6) is -1.79. The second kappa shape index (κ2) is 5.47. The summed E-state index contributed by atoms with van der Waals surface area (Å²) in [6.45, 7) is 1.40. The second-order valence-electron chi connectivity index (χ2n) is 4.06. The van der Waals surface area contributed by atoms with E-state index in [0.717, 1.165) is 23.5 Å². The largest absolute Gasteiger partial charge is 0.391 e. The second-order valence-corrected chi connectivity index (χ2v) is 7.11. The molecule has 1 aromatic heterocycles. The van der Waals surface area contributed by atoms with Gasteiger partial charge in [-0.2, -0.15) is 0 Å². The van der Waals surface area contributed by atoms with E-state index in [9.17, 15) is 17.2 Å². The number of hydrogen-bond donors (Lipinski definition) is 2. The third kappa shape index (κ3) is 2.97. The van der Waals surface area contributed by atoms with Crippen LogP contribution >= 0.6 is 11.3 Å². The number of aliphatic hydroxyl groups excluding tert-OH is 1. The SMILES string of the molecule is Cc1cc(S(=O)(=O)Nc2ccc(F)cc2F)sc1CO. The van der Waals surface area contributed by atoms with Crippen LogP contribution in [0.25, 0.3) is 0 Å². The molecule has 0 atom stereocenters. The van der Waals surface area contributed by atoms with Crippen LogP contribution in [0.5, 0.6) is 0 Å². The fraction of sp³-hybridized carbons (Fsp3) is 0.167. The Morgan fingerprint density at radius 2 is 2.00 bits per heavy atom. The van der Waals surface area contributed by atoms with Crippen molar-refractivity contribution >= 4 is 27.0 Å². The van der Waals surface area contributed by atoms with E-state index < -0.39 is 21.7 Å². The van der Waals surface area contributed by atoms with Crippen LogP contribution in [0.4, 0.5) is 14.5 Å². The molecule has 0 saturated carbocycles. The topological polar surface area (TPSA) is 66.4 Å². The van der Waals surface area contributed by atoms with Crippen molar-refractivity contribution in [3.8, 4) is 0 Å². The number of nitrogens with one attached hydrogen (secondary N) is 1. The minimum atomic E-state index is -3.97. The number of aryl methyl sites for hydroxylation is 1. The number of anilines is 1. The van der Waals surface area contributed by atoms with E-state index in [4.69, 9.17) is 5.11 Å². The summed E-state index contributed by atoms with van der Waals surface area (Å²) in [5, 5.41) is 9.06. The van der Waals surface area contributed by atoms with Gasteiger partial charge in [-0.05, 0) is 30.7 Å². The van der Waals surface area contributed by atoms with Crippen molar-refractivity contribution in [2.24, 2.45) is 0 Å². The molecule has 2 rings (SSSR count). The highest BCUT2D eigenvalue weighted by Crippen LogP contribution is 2.28. The van der Waals surface area contributed by atoms with E-state index in [1.54, 1.807) is 6.92 Å². The molecule has 0 fully saturated rings. The van der Waals surface area contributed by atoms with Crippen LogP contribution in [-0.4, -0.2) is 13.5 Å². The highest BCUT2D eigenvalue weighted by molar-refractivity contribution is 7.94. The fourth-order valence-corrected chi connectivity index (χ4v) is 4.06. The normalized spacial score (nSPS) is 11.6. The molecule has 20 heavy (non-hydrogen) atoms. The maximum atomic E-state index is 13.4. The molecule has 0 unspecified atom stereocenters. The zero-order valence-electron chi connectivity index (χ0n) is 10.4. The molecule has 0 spiro atoms. The van der Waals surface area contributed by atoms with Crippen molar-refractivity contribution in [3.63, 3.8) is 0 Å². The number of hydrogen-bond acceptors (Lipinski definition) is 4. The summed E-state index contributed by atoms with van der Waals surface area (Å²) >= 11 is 0.898. The van der Waals surface area contributed by atoms with Gasteiger partial charge >= 0.3 is 0 Å². The Bertz CT molecular complexity index is 741. The summed E-state index contributed by atoms with van der Waals surface area (Å²) in [7, 11) is -3.97. The Hall–Kier alpha value is -1.51. The fourth-order valence-electron chi connectivity index (χ4n) is 1.55. The van der Waals surface area contributed by atoms with Gasteiger partial charge in [0.05, 0.1) is 12.3 Å². The molecule has 0 aliphatic carbocycles. The minimum absolute atomic E-state index is 0.0391. The molecule has 4 nitrogen and oxygen atoms in total. The lowest BCUT2D eigenvalue weighted by Crippen LogP contribution is -2.12. The van der Waals surface area contributed by atoms with Crippen LogP contribution in [0.15, 0.2) is 28.5 Å². The molecular formula is C12H11F2NO3S2. The Balaban J connectivity index is 2.35. The van der Waals surface area contributed by atoms with Gasteiger partial charge in [-0.3, -0.25) is 4.72 Å². The Kier molecular flexibility index (Phi) is 4.07. The van der Waals surface area contributed by atoms with Gasteiger partial charge in [0, 0.05) is 10.9 Å². The molecular weight excluding hydrogens is 308 g/mol. The molecule has 8 heteroatoms. The van der Waals surface area contributed by atoms with Gasteiger partial charge < -0.3 is 5.11 Å².